The molecule has 1 amide bonds. The SMILES string of the molecule is COc1ccc(N2C[C@@H](Nc3ncnc(C)c3C)CC2=O)cc1. The van der Waals surface area contributed by atoms with Gasteiger partial charge >= 0.3 is 0 Å². The average molecular weight is 312 g/mol. The van der Waals surface area contributed by atoms with Crippen molar-refractivity contribution in [2.24, 2.45) is 0 Å². The highest BCUT2D eigenvalue weighted by Crippen LogP contribution is 2.26. The van der Waals surface area contributed by atoms with E-state index in [2.05, 4.69) is 15.3 Å². The Balaban J connectivity index is 1.73. The third-order valence-corrected chi connectivity index (χ3v) is 4.19. The van der Waals surface area contributed by atoms with Crippen LogP contribution in [0.1, 0.15) is 17.7 Å². The summed E-state index contributed by atoms with van der Waals surface area (Å²) in [6.45, 7) is 4.55. The molecule has 1 aromatic carbocycles. The Hall–Kier alpha value is -2.63. The third kappa shape index (κ3) is 3.11. The van der Waals surface area contributed by atoms with Crippen LogP contribution in [0.5, 0.6) is 5.75 Å². The Kier molecular flexibility index (Phi) is 4.14. The molecule has 1 aliphatic rings. The summed E-state index contributed by atoms with van der Waals surface area (Å²) < 4.78 is 5.15. The molecule has 0 bridgehead atoms. The summed E-state index contributed by atoms with van der Waals surface area (Å²) in [4.78, 5) is 22.5. The van der Waals surface area contributed by atoms with E-state index in [0.717, 1.165) is 28.5 Å². The molecule has 3 rings (SSSR count). The van der Waals surface area contributed by atoms with Crippen LogP contribution in [0.15, 0.2) is 30.6 Å². The van der Waals surface area contributed by atoms with Crippen molar-refractivity contribution < 1.29 is 9.53 Å². The summed E-state index contributed by atoms with van der Waals surface area (Å²) in [6, 6.07) is 7.57. The number of benzene rings is 1. The smallest absolute Gasteiger partial charge is 0.229 e. The van der Waals surface area contributed by atoms with E-state index in [0.29, 0.717) is 13.0 Å². The molecular formula is C17H20N4O2. The van der Waals surface area contributed by atoms with E-state index in [-0.39, 0.29) is 11.9 Å². The summed E-state index contributed by atoms with van der Waals surface area (Å²) in [6.07, 6.45) is 2.00. The zero-order chi connectivity index (χ0) is 16.4. The average Bonchev–Trinajstić information content (AvgIpc) is 2.92. The Morgan fingerprint density at radius 2 is 1.96 bits per heavy atom. The van der Waals surface area contributed by atoms with Crippen LogP contribution in [0, 0.1) is 13.8 Å². The standard InChI is InChI=1S/C17H20N4O2/c1-11-12(2)18-10-19-17(11)20-13-8-16(22)21(9-13)14-4-6-15(23-3)7-5-14/h4-7,10,13H,8-9H2,1-3H3,(H,18,19,20)/t13-/m0/s1. The van der Waals surface area contributed by atoms with Gasteiger partial charge in [0.05, 0.1) is 13.2 Å². The number of aromatic nitrogens is 2. The van der Waals surface area contributed by atoms with Crippen LogP contribution in [-0.4, -0.2) is 35.6 Å². The maximum absolute atomic E-state index is 12.3. The van der Waals surface area contributed by atoms with Crippen LogP contribution in [0.4, 0.5) is 11.5 Å². The molecule has 2 heterocycles. The molecule has 120 valence electrons. The lowest BCUT2D eigenvalue weighted by Gasteiger charge is -2.18. The maximum atomic E-state index is 12.3. The highest BCUT2D eigenvalue weighted by molar-refractivity contribution is 5.96. The minimum absolute atomic E-state index is 0.0394. The van der Waals surface area contributed by atoms with E-state index >= 15 is 0 Å². The summed E-state index contributed by atoms with van der Waals surface area (Å²) in [5.41, 5.74) is 2.84. The van der Waals surface area contributed by atoms with E-state index in [1.807, 2.05) is 38.1 Å². The van der Waals surface area contributed by atoms with E-state index in [1.54, 1.807) is 18.3 Å². The number of carbonyl (C=O) groups is 1. The molecule has 0 saturated carbocycles. The zero-order valence-electron chi connectivity index (χ0n) is 13.5. The van der Waals surface area contributed by atoms with Gasteiger partial charge in [-0.3, -0.25) is 4.79 Å². The van der Waals surface area contributed by atoms with E-state index in [9.17, 15) is 4.79 Å². The second-order valence-electron chi connectivity index (χ2n) is 5.68. The molecule has 0 radical (unpaired) electrons. The predicted octanol–water partition coefficient (Wildman–Crippen LogP) is 2.32. The second kappa shape index (κ2) is 6.24. The predicted molar refractivity (Wildman–Crippen MR) is 88.9 cm³/mol. The van der Waals surface area contributed by atoms with Crippen LogP contribution in [0.2, 0.25) is 0 Å². The molecule has 1 aliphatic heterocycles. The summed E-state index contributed by atoms with van der Waals surface area (Å²) in [7, 11) is 1.63. The minimum atomic E-state index is 0.0394. The van der Waals surface area contributed by atoms with Crippen LogP contribution in [-0.2, 0) is 4.79 Å². The van der Waals surface area contributed by atoms with Gasteiger partial charge in [0, 0.05) is 29.9 Å². The number of hydrogen-bond acceptors (Lipinski definition) is 5. The fourth-order valence-electron chi connectivity index (χ4n) is 2.69. The third-order valence-electron chi connectivity index (χ3n) is 4.19. The van der Waals surface area contributed by atoms with Gasteiger partial charge in [-0.25, -0.2) is 9.97 Å². The van der Waals surface area contributed by atoms with Gasteiger partial charge in [0.15, 0.2) is 0 Å². The molecule has 0 spiro atoms. The molecule has 2 aromatic rings. The fraction of sp³-hybridized carbons (Fsp3) is 0.353. The van der Waals surface area contributed by atoms with Crippen molar-refractivity contribution in [2.45, 2.75) is 26.3 Å². The van der Waals surface area contributed by atoms with Crippen molar-refractivity contribution in [1.82, 2.24) is 9.97 Å². The number of amides is 1. The number of nitrogens with zero attached hydrogens (tertiary/aromatic N) is 3. The van der Waals surface area contributed by atoms with Crippen molar-refractivity contribution in [1.29, 1.82) is 0 Å². The van der Waals surface area contributed by atoms with Crippen molar-refractivity contribution in [3.63, 3.8) is 0 Å². The highest BCUT2D eigenvalue weighted by Gasteiger charge is 2.31. The lowest BCUT2D eigenvalue weighted by atomic mass is 10.2. The Morgan fingerprint density at radius 3 is 2.65 bits per heavy atom. The molecular weight excluding hydrogens is 292 g/mol. The summed E-state index contributed by atoms with van der Waals surface area (Å²) in [5, 5.41) is 3.36. The van der Waals surface area contributed by atoms with Crippen molar-refractivity contribution in [3.05, 3.63) is 41.9 Å². The number of nitrogens with one attached hydrogen (secondary N) is 1. The van der Waals surface area contributed by atoms with Gasteiger partial charge in [0.25, 0.3) is 0 Å². The van der Waals surface area contributed by atoms with Gasteiger partial charge in [-0.15, -0.1) is 0 Å². The number of ether oxygens (including phenoxy) is 1. The molecule has 6 nitrogen and oxygen atoms in total. The summed E-state index contributed by atoms with van der Waals surface area (Å²) in [5.74, 6) is 1.69. The van der Waals surface area contributed by atoms with Gasteiger partial charge in [-0.2, -0.15) is 0 Å². The lowest BCUT2D eigenvalue weighted by molar-refractivity contribution is -0.117. The first kappa shape index (κ1) is 15.3. The van der Waals surface area contributed by atoms with Gasteiger partial charge in [0.1, 0.15) is 17.9 Å². The normalized spacial score (nSPS) is 17.4. The van der Waals surface area contributed by atoms with E-state index in [1.165, 1.54) is 0 Å². The number of aryl methyl sites for hydroxylation is 1. The van der Waals surface area contributed by atoms with Gasteiger partial charge < -0.3 is 15.0 Å². The number of hydrogen-bond donors (Lipinski definition) is 1. The minimum Gasteiger partial charge on any atom is -0.497 e. The molecule has 1 N–H and O–H groups in total. The summed E-state index contributed by atoms with van der Waals surface area (Å²) >= 11 is 0. The first-order valence-electron chi connectivity index (χ1n) is 7.57. The number of anilines is 2. The molecule has 0 unspecified atom stereocenters. The van der Waals surface area contributed by atoms with Crippen molar-refractivity contribution in [2.75, 3.05) is 23.9 Å². The van der Waals surface area contributed by atoms with Crippen LogP contribution in [0.25, 0.3) is 0 Å². The first-order chi connectivity index (χ1) is 11.1. The van der Waals surface area contributed by atoms with Crippen LogP contribution < -0.4 is 15.0 Å². The Labute approximate surface area is 135 Å². The highest BCUT2D eigenvalue weighted by atomic mass is 16.5. The molecule has 1 atom stereocenters. The van der Waals surface area contributed by atoms with E-state index in [4.69, 9.17) is 4.74 Å². The second-order valence-corrected chi connectivity index (χ2v) is 5.68. The first-order valence-corrected chi connectivity index (χ1v) is 7.57. The van der Waals surface area contributed by atoms with Gasteiger partial charge in [-0.05, 0) is 38.1 Å². The van der Waals surface area contributed by atoms with Crippen molar-refractivity contribution >= 4 is 17.4 Å². The largest absolute Gasteiger partial charge is 0.497 e. The number of rotatable bonds is 4. The number of methoxy groups -OCH3 is 1. The van der Waals surface area contributed by atoms with Crippen LogP contribution in [0.3, 0.4) is 0 Å². The monoisotopic (exact) mass is 312 g/mol. The topological polar surface area (TPSA) is 67.3 Å². The van der Waals surface area contributed by atoms with Crippen molar-refractivity contribution in [3.8, 4) is 5.75 Å². The molecule has 1 fully saturated rings. The van der Waals surface area contributed by atoms with Gasteiger partial charge in [-0.1, -0.05) is 0 Å². The lowest BCUT2D eigenvalue weighted by Crippen LogP contribution is -2.28. The maximum Gasteiger partial charge on any atom is 0.229 e. The molecule has 1 saturated heterocycles. The Bertz CT molecular complexity index is 715. The van der Waals surface area contributed by atoms with E-state index < -0.39 is 0 Å². The van der Waals surface area contributed by atoms with Crippen LogP contribution >= 0.6 is 0 Å². The molecule has 1 aromatic heterocycles. The molecule has 23 heavy (non-hydrogen) atoms. The fourth-order valence-corrected chi connectivity index (χ4v) is 2.69. The van der Waals surface area contributed by atoms with Gasteiger partial charge in [0.2, 0.25) is 5.91 Å². The number of carbonyl (C=O) groups excluding carboxylic acids is 1. The Morgan fingerprint density at radius 1 is 1.22 bits per heavy atom. The zero-order valence-corrected chi connectivity index (χ0v) is 13.5. The quantitative estimate of drug-likeness (QED) is 0.938. The molecule has 6 heteroatoms. The molecule has 0 aliphatic carbocycles.